The lowest BCUT2D eigenvalue weighted by molar-refractivity contribution is -0.0349. The third-order valence-corrected chi connectivity index (χ3v) is 7.61. The normalized spacial score (nSPS) is 18.1. The molecule has 0 unspecified atom stereocenters. The maximum absolute atomic E-state index is 13.6. The number of nitriles is 1. The summed E-state index contributed by atoms with van der Waals surface area (Å²) in [6.45, 7) is 3.68. The number of hydrogen-bond donors (Lipinski definition) is 0. The van der Waals surface area contributed by atoms with Gasteiger partial charge in [-0.25, -0.2) is 14.6 Å². The monoisotopic (exact) mass is 484 g/mol. The summed E-state index contributed by atoms with van der Waals surface area (Å²) >= 11 is 0. The molecule has 6 rings (SSSR count). The average molecular weight is 484 g/mol. The molecular weight excluding hydrogens is 458 g/mol. The minimum atomic E-state index is -0.291. The highest BCUT2D eigenvalue weighted by Gasteiger charge is 2.54. The molecule has 3 aromatic rings. The Morgan fingerprint density at radius 3 is 2.89 bits per heavy atom. The summed E-state index contributed by atoms with van der Waals surface area (Å²) in [4.78, 5) is 11.1. The van der Waals surface area contributed by atoms with E-state index >= 15 is 0 Å². The number of nitrogens with zero attached hydrogens (tertiary/aromatic N) is 6. The van der Waals surface area contributed by atoms with Crippen molar-refractivity contribution in [2.75, 3.05) is 18.0 Å². The van der Waals surface area contributed by atoms with Crippen LogP contribution in [0.25, 0.3) is 0 Å². The molecule has 182 valence electrons. The standard InChI is InChI=1S/C26H26BFN6O2/c1-2-17-9-18(28)3-4-22(17)36-25-24(31-16-32-33-25)34-13-26(14-34)10-19(11-26)35-23-6-8-30-21-5-7-27(15-29)12-20(21)23/h3-4,6,8-9,16,19H,2,5,7,10-14H2,1H3. The zero-order valence-electron chi connectivity index (χ0n) is 20.2. The van der Waals surface area contributed by atoms with Gasteiger partial charge in [-0.1, -0.05) is 13.2 Å². The summed E-state index contributed by atoms with van der Waals surface area (Å²) in [5.74, 6) is 4.54. The molecule has 4 heterocycles. The second-order valence-electron chi connectivity index (χ2n) is 10.1. The van der Waals surface area contributed by atoms with Crippen LogP contribution >= 0.6 is 0 Å². The summed E-state index contributed by atoms with van der Waals surface area (Å²) in [6, 6.07) is 6.42. The number of fused-ring (bicyclic) bond motifs is 1. The van der Waals surface area contributed by atoms with Gasteiger partial charge in [0.25, 0.3) is 12.6 Å². The molecule has 1 spiro atoms. The van der Waals surface area contributed by atoms with Crippen molar-refractivity contribution in [1.29, 1.82) is 5.26 Å². The maximum Gasteiger partial charge on any atom is 0.282 e. The topological polar surface area (TPSA) is 97.1 Å². The molecule has 0 bridgehead atoms. The van der Waals surface area contributed by atoms with Crippen LogP contribution in [0.1, 0.15) is 36.6 Å². The molecule has 36 heavy (non-hydrogen) atoms. The molecule has 8 nitrogen and oxygen atoms in total. The van der Waals surface area contributed by atoms with Gasteiger partial charge in [-0.2, -0.15) is 0 Å². The summed E-state index contributed by atoms with van der Waals surface area (Å²) in [5, 5.41) is 17.4. The van der Waals surface area contributed by atoms with Crippen molar-refractivity contribution in [3.63, 3.8) is 0 Å². The van der Waals surface area contributed by atoms with Crippen molar-refractivity contribution in [1.82, 2.24) is 20.2 Å². The number of ether oxygens (including phenoxy) is 2. The molecular formula is C26H26BFN6O2. The van der Waals surface area contributed by atoms with E-state index in [0.29, 0.717) is 23.9 Å². The number of aromatic nitrogens is 4. The average Bonchev–Trinajstić information content (AvgIpc) is 2.86. The van der Waals surface area contributed by atoms with Gasteiger partial charge in [-0.3, -0.25) is 4.98 Å². The molecule has 0 radical (unpaired) electrons. The molecule has 1 saturated carbocycles. The van der Waals surface area contributed by atoms with Crippen LogP contribution in [-0.4, -0.2) is 46.1 Å². The molecule has 2 aliphatic heterocycles. The lowest BCUT2D eigenvalue weighted by Crippen LogP contribution is -2.65. The first-order chi connectivity index (χ1) is 17.6. The fraction of sp³-hybridized carbons (Fsp3) is 0.423. The van der Waals surface area contributed by atoms with Crippen molar-refractivity contribution < 1.29 is 13.9 Å². The van der Waals surface area contributed by atoms with Crippen LogP contribution in [0, 0.1) is 22.5 Å². The molecule has 1 aromatic carbocycles. The molecule has 1 saturated heterocycles. The van der Waals surface area contributed by atoms with Crippen LogP contribution in [0.15, 0.2) is 36.8 Å². The number of anilines is 1. The Morgan fingerprint density at radius 2 is 2.08 bits per heavy atom. The van der Waals surface area contributed by atoms with Crippen molar-refractivity contribution in [3.8, 4) is 23.3 Å². The lowest BCUT2D eigenvalue weighted by atomic mass is 9.42. The first kappa shape index (κ1) is 22.7. The molecule has 10 heteroatoms. The van der Waals surface area contributed by atoms with Gasteiger partial charge in [-0.15, -0.1) is 10.2 Å². The van der Waals surface area contributed by atoms with Crippen LogP contribution < -0.4 is 14.4 Å². The first-order valence-corrected chi connectivity index (χ1v) is 12.5. The van der Waals surface area contributed by atoms with E-state index in [4.69, 9.17) is 9.47 Å². The van der Waals surface area contributed by atoms with Crippen LogP contribution in [-0.2, 0) is 19.2 Å². The highest BCUT2D eigenvalue weighted by atomic mass is 19.1. The van der Waals surface area contributed by atoms with Gasteiger partial charge in [0.1, 0.15) is 29.7 Å². The Hall–Kier alpha value is -3.74. The predicted molar refractivity (Wildman–Crippen MR) is 132 cm³/mol. The van der Waals surface area contributed by atoms with Gasteiger partial charge in [0.2, 0.25) is 0 Å². The van der Waals surface area contributed by atoms with E-state index in [0.717, 1.165) is 67.6 Å². The quantitative estimate of drug-likeness (QED) is 0.485. The van der Waals surface area contributed by atoms with Gasteiger partial charge >= 0.3 is 0 Å². The summed E-state index contributed by atoms with van der Waals surface area (Å²) < 4.78 is 26.1. The zero-order valence-corrected chi connectivity index (χ0v) is 20.2. The highest BCUT2D eigenvalue weighted by molar-refractivity contribution is 6.66. The minimum absolute atomic E-state index is 0.0400. The number of pyridine rings is 1. The van der Waals surface area contributed by atoms with Crippen molar-refractivity contribution in [3.05, 3.63) is 59.4 Å². The fourth-order valence-corrected chi connectivity index (χ4v) is 5.74. The summed E-state index contributed by atoms with van der Waals surface area (Å²) in [5.41, 5.74) is 3.14. The van der Waals surface area contributed by atoms with Crippen LogP contribution in [0.2, 0.25) is 6.32 Å². The summed E-state index contributed by atoms with van der Waals surface area (Å²) in [6.07, 6.45) is 8.40. The fourth-order valence-electron chi connectivity index (χ4n) is 5.74. The van der Waals surface area contributed by atoms with E-state index in [1.807, 2.05) is 19.2 Å². The van der Waals surface area contributed by atoms with Gasteiger partial charge in [0, 0.05) is 41.9 Å². The maximum atomic E-state index is 13.6. The van der Waals surface area contributed by atoms with Crippen molar-refractivity contribution >= 4 is 12.5 Å². The number of hydrogen-bond acceptors (Lipinski definition) is 8. The van der Waals surface area contributed by atoms with E-state index < -0.39 is 0 Å². The van der Waals surface area contributed by atoms with Gasteiger partial charge < -0.3 is 14.4 Å². The van der Waals surface area contributed by atoms with E-state index in [2.05, 4.69) is 31.0 Å². The smallest absolute Gasteiger partial charge is 0.282 e. The minimum Gasteiger partial charge on any atom is -0.490 e. The summed E-state index contributed by atoms with van der Waals surface area (Å²) in [7, 11) is 0. The molecule has 3 aliphatic rings. The molecule has 0 amide bonds. The second kappa shape index (κ2) is 9.05. The van der Waals surface area contributed by atoms with E-state index in [1.54, 1.807) is 6.07 Å². The first-order valence-electron chi connectivity index (χ1n) is 12.5. The van der Waals surface area contributed by atoms with E-state index in [9.17, 15) is 9.65 Å². The van der Waals surface area contributed by atoms with Crippen LogP contribution in [0.5, 0.6) is 17.4 Å². The van der Waals surface area contributed by atoms with Gasteiger partial charge in [-0.05, 0) is 61.8 Å². The number of rotatable bonds is 6. The zero-order chi connectivity index (χ0) is 24.7. The van der Waals surface area contributed by atoms with Gasteiger partial charge in [0.15, 0.2) is 5.82 Å². The Kier molecular flexibility index (Phi) is 5.71. The van der Waals surface area contributed by atoms with Crippen molar-refractivity contribution in [2.45, 2.75) is 51.4 Å². The van der Waals surface area contributed by atoms with Crippen LogP contribution in [0.4, 0.5) is 10.2 Å². The molecule has 2 fully saturated rings. The largest absolute Gasteiger partial charge is 0.490 e. The molecule has 1 aliphatic carbocycles. The Balaban J connectivity index is 1.10. The van der Waals surface area contributed by atoms with Gasteiger partial charge in [0.05, 0.1) is 0 Å². The number of halogens is 1. The number of aryl methyl sites for hydroxylation is 2. The highest BCUT2D eigenvalue weighted by Crippen LogP contribution is 2.52. The van der Waals surface area contributed by atoms with Crippen molar-refractivity contribution in [2.24, 2.45) is 5.41 Å². The lowest BCUT2D eigenvalue weighted by Gasteiger charge is -2.58. The molecule has 2 aromatic heterocycles. The van der Waals surface area contributed by atoms with E-state index in [1.165, 1.54) is 18.5 Å². The Labute approximate surface area is 209 Å². The van der Waals surface area contributed by atoms with Crippen LogP contribution in [0.3, 0.4) is 0 Å². The Morgan fingerprint density at radius 1 is 1.22 bits per heavy atom. The third kappa shape index (κ3) is 4.13. The Bertz CT molecular complexity index is 1330. The second-order valence-corrected chi connectivity index (χ2v) is 10.1. The van der Waals surface area contributed by atoms with E-state index in [-0.39, 0.29) is 24.0 Å². The molecule has 0 N–H and O–H groups in total. The number of benzene rings is 1. The predicted octanol–water partition coefficient (Wildman–Crippen LogP) is 4.00. The SMILES string of the molecule is CCc1cc(F)ccc1Oc1nncnc1N1CC2(CC(Oc3ccnc4c3CB(C#N)CC4)C2)C1. The molecule has 0 atom stereocenters. The third-order valence-electron chi connectivity index (χ3n) is 7.61.